The Hall–Kier alpha value is -2.39. The molecule has 0 spiro atoms. The SMILES string of the molecule is CCCCC(=O)N1CCC(C)(C)c2cc(C3=NN(C(=O)OCCN(CC)CC)C(=O)SC3C)ccc21. The van der Waals surface area contributed by atoms with Gasteiger partial charge in [-0.15, -0.1) is 5.01 Å². The minimum atomic E-state index is -0.755. The number of carbonyl (C=O) groups excluding carboxylic acids is 3. The van der Waals surface area contributed by atoms with Crippen LogP contribution in [-0.4, -0.2) is 70.9 Å². The maximum Gasteiger partial charge on any atom is 0.438 e. The maximum atomic E-state index is 12.9. The van der Waals surface area contributed by atoms with Crippen molar-refractivity contribution in [2.75, 3.05) is 37.7 Å². The lowest BCUT2D eigenvalue weighted by atomic mass is 9.76. The molecule has 1 atom stereocenters. The van der Waals surface area contributed by atoms with Crippen LogP contribution in [0.25, 0.3) is 0 Å². The van der Waals surface area contributed by atoms with Gasteiger partial charge in [-0.2, -0.15) is 5.10 Å². The van der Waals surface area contributed by atoms with Crippen molar-refractivity contribution in [2.24, 2.45) is 5.10 Å². The van der Waals surface area contributed by atoms with Crippen LogP contribution in [0.2, 0.25) is 0 Å². The van der Waals surface area contributed by atoms with Crippen molar-refractivity contribution in [1.29, 1.82) is 0 Å². The number of likely N-dealkylation sites (N-methyl/N-ethyl adjacent to an activating group) is 1. The van der Waals surface area contributed by atoms with E-state index in [0.717, 1.165) is 65.9 Å². The second kappa shape index (κ2) is 12.2. The third-order valence-electron chi connectivity index (χ3n) is 7.06. The van der Waals surface area contributed by atoms with E-state index in [-0.39, 0.29) is 23.2 Å². The third-order valence-corrected chi connectivity index (χ3v) is 8.01. The lowest BCUT2D eigenvalue weighted by molar-refractivity contribution is -0.118. The summed E-state index contributed by atoms with van der Waals surface area (Å²) in [5.41, 5.74) is 3.40. The third kappa shape index (κ3) is 6.29. The average Bonchev–Trinajstić information content (AvgIpc) is 2.85. The number of rotatable bonds is 9. The summed E-state index contributed by atoms with van der Waals surface area (Å²) < 4.78 is 5.36. The van der Waals surface area contributed by atoms with Gasteiger partial charge in [0, 0.05) is 25.2 Å². The number of anilines is 1. The van der Waals surface area contributed by atoms with E-state index in [4.69, 9.17) is 4.74 Å². The highest BCUT2D eigenvalue weighted by molar-refractivity contribution is 8.14. The van der Waals surface area contributed by atoms with Gasteiger partial charge in [0.2, 0.25) is 5.91 Å². The molecule has 8 nitrogen and oxygen atoms in total. The van der Waals surface area contributed by atoms with Crippen LogP contribution in [0.3, 0.4) is 0 Å². The number of nitrogens with zero attached hydrogens (tertiary/aromatic N) is 4. The van der Waals surface area contributed by atoms with Crippen LogP contribution in [0.15, 0.2) is 23.3 Å². The molecule has 0 aliphatic carbocycles. The molecule has 9 heteroatoms. The van der Waals surface area contributed by atoms with Crippen molar-refractivity contribution in [3.63, 3.8) is 0 Å². The zero-order chi connectivity index (χ0) is 26.5. The van der Waals surface area contributed by atoms with Gasteiger partial charge in [-0.1, -0.05) is 58.9 Å². The largest absolute Gasteiger partial charge is 0.446 e. The van der Waals surface area contributed by atoms with Crippen LogP contribution in [0.5, 0.6) is 0 Å². The molecule has 0 aromatic heterocycles. The molecule has 36 heavy (non-hydrogen) atoms. The molecule has 0 saturated heterocycles. The molecule has 3 amide bonds. The van der Waals surface area contributed by atoms with E-state index >= 15 is 0 Å². The zero-order valence-corrected chi connectivity index (χ0v) is 23.3. The molecule has 0 saturated carbocycles. The summed E-state index contributed by atoms with van der Waals surface area (Å²) in [6, 6.07) is 6.00. The molecule has 2 aliphatic rings. The minimum Gasteiger partial charge on any atom is -0.446 e. The molecule has 2 aliphatic heterocycles. The Kier molecular flexibility index (Phi) is 9.58. The number of ether oxygens (including phenoxy) is 1. The Morgan fingerprint density at radius 1 is 1.22 bits per heavy atom. The summed E-state index contributed by atoms with van der Waals surface area (Å²) in [7, 11) is 0. The fraction of sp³-hybridized carbons (Fsp3) is 0.630. The summed E-state index contributed by atoms with van der Waals surface area (Å²) in [6.45, 7) is 15.7. The Morgan fingerprint density at radius 2 is 1.94 bits per heavy atom. The Morgan fingerprint density at radius 3 is 2.61 bits per heavy atom. The number of unbranched alkanes of at least 4 members (excludes halogenated alkanes) is 1. The predicted molar refractivity (Wildman–Crippen MR) is 146 cm³/mol. The van der Waals surface area contributed by atoms with Gasteiger partial charge in [0.1, 0.15) is 6.61 Å². The van der Waals surface area contributed by atoms with Gasteiger partial charge < -0.3 is 14.5 Å². The molecule has 1 aromatic carbocycles. The Labute approximate surface area is 219 Å². The molecule has 1 unspecified atom stereocenters. The summed E-state index contributed by atoms with van der Waals surface area (Å²) >= 11 is 1.06. The smallest absolute Gasteiger partial charge is 0.438 e. The molecule has 0 bridgehead atoms. The molecular weight excluding hydrogens is 476 g/mol. The maximum absolute atomic E-state index is 12.9. The first kappa shape index (κ1) is 28.2. The number of carbonyl (C=O) groups is 3. The van der Waals surface area contributed by atoms with Gasteiger partial charge in [0.25, 0.3) is 0 Å². The number of benzene rings is 1. The first-order valence-electron chi connectivity index (χ1n) is 13.1. The number of amides is 3. The summed E-state index contributed by atoms with van der Waals surface area (Å²) in [5.74, 6) is 0.157. The molecule has 0 fully saturated rings. The van der Waals surface area contributed by atoms with Crippen LogP contribution in [-0.2, 0) is 14.9 Å². The summed E-state index contributed by atoms with van der Waals surface area (Å²) in [5, 5.41) is 4.64. The van der Waals surface area contributed by atoms with Crippen molar-refractivity contribution in [2.45, 2.75) is 77.9 Å². The number of thioether (sulfide) groups is 1. The Balaban J connectivity index is 1.87. The second-order valence-electron chi connectivity index (χ2n) is 9.98. The average molecular weight is 517 g/mol. The van der Waals surface area contributed by atoms with E-state index in [0.29, 0.717) is 25.2 Å². The van der Waals surface area contributed by atoms with Gasteiger partial charge in [0.15, 0.2) is 0 Å². The van der Waals surface area contributed by atoms with Crippen LogP contribution >= 0.6 is 11.8 Å². The van der Waals surface area contributed by atoms with Gasteiger partial charge in [-0.25, -0.2) is 4.79 Å². The monoisotopic (exact) mass is 516 g/mol. The van der Waals surface area contributed by atoms with Gasteiger partial charge in [0.05, 0.1) is 11.0 Å². The first-order chi connectivity index (χ1) is 17.1. The van der Waals surface area contributed by atoms with Crippen molar-refractivity contribution in [1.82, 2.24) is 9.91 Å². The highest BCUT2D eigenvalue weighted by atomic mass is 32.2. The van der Waals surface area contributed by atoms with Gasteiger partial charge >= 0.3 is 11.3 Å². The van der Waals surface area contributed by atoms with Crippen molar-refractivity contribution in [3.8, 4) is 0 Å². The van der Waals surface area contributed by atoms with E-state index in [1.807, 2.05) is 37.8 Å². The quantitative estimate of drug-likeness (QED) is 0.423. The summed E-state index contributed by atoms with van der Waals surface area (Å²) in [6.07, 6.45) is 2.52. The van der Waals surface area contributed by atoms with Crippen LogP contribution < -0.4 is 4.90 Å². The molecule has 0 N–H and O–H groups in total. The number of hydrazone groups is 1. The van der Waals surface area contributed by atoms with E-state index in [1.165, 1.54) is 0 Å². The fourth-order valence-corrected chi connectivity index (χ4v) is 5.41. The lowest BCUT2D eigenvalue weighted by Gasteiger charge is -2.39. The zero-order valence-electron chi connectivity index (χ0n) is 22.5. The number of fused-ring (bicyclic) bond motifs is 1. The van der Waals surface area contributed by atoms with E-state index < -0.39 is 11.3 Å². The van der Waals surface area contributed by atoms with Gasteiger partial charge in [-0.05, 0) is 61.5 Å². The first-order valence-corrected chi connectivity index (χ1v) is 13.9. The van der Waals surface area contributed by atoms with E-state index in [9.17, 15) is 14.4 Å². The minimum absolute atomic E-state index is 0.114. The normalized spacial score (nSPS) is 19.2. The van der Waals surface area contributed by atoms with E-state index in [2.05, 4.69) is 36.8 Å². The topological polar surface area (TPSA) is 82.5 Å². The van der Waals surface area contributed by atoms with Gasteiger partial charge in [-0.3, -0.25) is 9.59 Å². The highest BCUT2D eigenvalue weighted by Crippen LogP contribution is 2.41. The lowest BCUT2D eigenvalue weighted by Crippen LogP contribution is -2.41. The molecular formula is C27H40N4O4S. The molecule has 2 heterocycles. The predicted octanol–water partition coefficient (Wildman–Crippen LogP) is 5.63. The van der Waals surface area contributed by atoms with Crippen LogP contribution in [0, 0.1) is 0 Å². The molecule has 1 aromatic rings. The standard InChI is InChI=1S/C27H40N4O4S/c1-7-10-11-23(32)30-15-14-27(5,6)21-18-20(12-13-22(21)30)24-19(4)36-26(34)31(28-24)25(33)35-17-16-29(8-2)9-3/h12-13,18-19H,7-11,14-17H2,1-6H3. The number of hydrogen-bond acceptors (Lipinski definition) is 7. The summed E-state index contributed by atoms with van der Waals surface area (Å²) in [4.78, 5) is 42.2. The van der Waals surface area contributed by atoms with E-state index in [1.54, 1.807) is 0 Å². The molecule has 3 rings (SSSR count). The number of imide groups is 1. The van der Waals surface area contributed by atoms with Crippen LogP contribution in [0.1, 0.15) is 78.4 Å². The highest BCUT2D eigenvalue weighted by Gasteiger charge is 2.36. The van der Waals surface area contributed by atoms with Crippen molar-refractivity contribution < 1.29 is 19.1 Å². The van der Waals surface area contributed by atoms with Crippen molar-refractivity contribution >= 4 is 40.4 Å². The molecule has 0 radical (unpaired) electrons. The second-order valence-corrected chi connectivity index (χ2v) is 11.3. The Bertz CT molecular complexity index is 1010. The van der Waals surface area contributed by atoms with Crippen molar-refractivity contribution in [3.05, 3.63) is 29.3 Å². The molecule has 198 valence electrons. The number of hydrogen-bond donors (Lipinski definition) is 0. The fourth-order valence-electron chi connectivity index (χ4n) is 4.60. The van der Waals surface area contributed by atoms with Crippen LogP contribution in [0.4, 0.5) is 15.3 Å².